The molecule has 1 unspecified atom stereocenters. The number of hydrogen-bond acceptors (Lipinski definition) is 28. The lowest BCUT2D eigenvalue weighted by Gasteiger charge is -2.35. The van der Waals surface area contributed by atoms with Crippen LogP contribution in [-0.2, 0) is 54.0 Å². The minimum absolute atomic E-state index is 0.0161. The number of amides is 8. The Bertz CT molecular complexity index is 3390. The van der Waals surface area contributed by atoms with Gasteiger partial charge in [0.05, 0.1) is 62.5 Å². The number of aliphatic hydroxyl groups is 8. The van der Waals surface area contributed by atoms with Gasteiger partial charge in [0.1, 0.15) is 58.6 Å². The van der Waals surface area contributed by atoms with Crippen molar-refractivity contribution in [1.29, 1.82) is 0 Å². The second-order valence-corrected chi connectivity index (χ2v) is 25.6. The van der Waals surface area contributed by atoms with Gasteiger partial charge in [0, 0.05) is 81.8 Å². The molecule has 0 bridgehead atoms. The normalized spacial score (nSPS) is 23.6. The summed E-state index contributed by atoms with van der Waals surface area (Å²) < 4.78 is 25.5. The molecule has 4 aromatic rings. The largest absolute Gasteiger partial charge is 0.504 e. The molecule has 15 N–H and O–H groups in total. The minimum Gasteiger partial charge on any atom is -0.504 e. The minimum atomic E-state index is -2.25. The number of ether oxygens (including phenoxy) is 3. The van der Waals surface area contributed by atoms with E-state index >= 15 is 9.59 Å². The molecule has 0 aliphatic carbocycles. The predicted molar refractivity (Wildman–Crippen MR) is 353 cm³/mol. The van der Waals surface area contributed by atoms with E-state index in [1.165, 1.54) is 42.5 Å². The molecule has 3 aliphatic heterocycles. The summed E-state index contributed by atoms with van der Waals surface area (Å²) in [7, 11) is 1.68. The van der Waals surface area contributed by atoms with E-state index < -0.39 is 203 Å². The van der Waals surface area contributed by atoms with E-state index in [1.54, 1.807) is 19.2 Å². The molecule has 0 radical (unpaired) electrons. The van der Waals surface area contributed by atoms with Gasteiger partial charge < -0.3 is 106 Å². The van der Waals surface area contributed by atoms with Gasteiger partial charge in [0.25, 0.3) is 18.2 Å². The van der Waals surface area contributed by atoms with Crippen LogP contribution in [0.3, 0.4) is 0 Å². The average Bonchev–Trinajstić information content (AvgIpc) is 1.62. The van der Waals surface area contributed by atoms with Crippen molar-refractivity contribution in [2.75, 3.05) is 66.3 Å². The average molecular weight is 1440 g/mol. The van der Waals surface area contributed by atoms with Crippen LogP contribution in [0.1, 0.15) is 74.7 Å². The lowest BCUT2D eigenvalue weighted by Crippen LogP contribution is -2.64. The van der Waals surface area contributed by atoms with Crippen molar-refractivity contribution in [3.63, 3.8) is 0 Å². The number of aromatic hydroxyl groups is 1. The number of phenols is 1. The SMILES string of the molecule is C=CCOC(=O)N(CC[C@@H](O)[C@@H]1NC(=O)[C@H]([C@H](O)Cc2ccc(O)c(OSOOO)c2)NC(=O)[C@@H]2C[C@@H](O)CN2C(=O)[C@H]([C@@H](C)O)NC(=O)C(NC(=O)c2ccc(-c3nnc(-c4ccc(OCCCCCCOC)cc4)s3)cc2)C[C@@H](O)CNC(=O)[C@@H]2[C@@H](O)[C@@H](C)CN2C1=O)C(CO)CO. The first-order valence-corrected chi connectivity index (χ1v) is 33.6. The number of nitrogens with zero attached hydrogens (tertiary/aromatic N) is 5. The number of carbonyl (C=O) groups is 8. The van der Waals surface area contributed by atoms with Gasteiger partial charge in [-0.15, -0.1) is 10.2 Å². The zero-order chi connectivity index (χ0) is 72.7. The Morgan fingerprint density at radius 3 is 2.07 bits per heavy atom. The first-order chi connectivity index (χ1) is 47.9. The molecule has 3 aliphatic rings. The number of β-amino-alcohol motifs (C(OH)–C–C–N with tert-alkyl or cyclic N) is 1. The lowest BCUT2D eigenvalue weighted by atomic mass is 9.98. The number of nitrogens with one attached hydrogen (secondary N) is 5. The zero-order valence-corrected chi connectivity index (χ0v) is 56.6. The highest BCUT2D eigenvalue weighted by atomic mass is 32.2. The summed E-state index contributed by atoms with van der Waals surface area (Å²) in [5.74, 6) is -9.48. The van der Waals surface area contributed by atoms with Gasteiger partial charge in [0.2, 0.25) is 35.4 Å². The number of rotatable bonds is 29. The van der Waals surface area contributed by atoms with Gasteiger partial charge in [0.15, 0.2) is 11.5 Å². The molecule has 4 heterocycles. The Hall–Kier alpha value is -8.21. The number of fused-ring (bicyclic) bond motifs is 2. The Morgan fingerprint density at radius 1 is 0.790 bits per heavy atom. The van der Waals surface area contributed by atoms with Crippen LogP contribution in [0.5, 0.6) is 17.2 Å². The molecular formula is C64H86N10O24S2. The zero-order valence-electron chi connectivity index (χ0n) is 55.0. The Kier molecular flexibility index (Phi) is 30.5. The third kappa shape index (κ3) is 21.4. The predicted octanol–water partition coefficient (Wildman–Crippen LogP) is -1.16. The molecule has 1 aromatic heterocycles. The van der Waals surface area contributed by atoms with Crippen LogP contribution >= 0.6 is 23.7 Å². The smallest absolute Gasteiger partial charge is 0.410 e. The monoisotopic (exact) mass is 1440 g/mol. The number of phenolic OH excluding ortho intramolecular Hbond substituents is 1. The van der Waals surface area contributed by atoms with E-state index in [-0.39, 0.29) is 35.8 Å². The van der Waals surface area contributed by atoms with Crippen LogP contribution in [0, 0.1) is 5.92 Å². The van der Waals surface area contributed by atoms with Gasteiger partial charge in [-0.2, -0.15) is 0 Å². The van der Waals surface area contributed by atoms with Gasteiger partial charge in [-0.1, -0.05) is 64.9 Å². The third-order valence-electron chi connectivity index (χ3n) is 16.9. The van der Waals surface area contributed by atoms with Gasteiger partial charge in [-0.05, 0) is 86.7 Å². The molecule has 0 saturated carbocycles. The summed E-state index contributed by atoms with van der Waals surface area (Å²) in [6, 6.07) is 3.58. The number of hydrogen-bond donors (Lipinski definition) is 15. The van der Waals surface area contributed by atoms with Crippen LogP contribution in [-0.4, -0.2) is 269 Å². The van der Waals surface area contributed by atoms with Crippen molar-refractivity contribution < 1.29 is 117 Å². The maximum absolute atomic E-state index is 15.2. The number of methoxy groups -OCH3 is 1. The highest BCUT2D eigenvalue weighted by Crippen LogP contribution is 2.34. The van der Waals surface area contributed by atoms with Crippen molar-refractivity contribution in [2.45, 2.75) is 144 Å². The van der Waals surface area contributed by atoms with E-state index in [0.717, 1.165) is 71.6 Å². The Balaban J connectivity index is 1.20. The van der Waals surface area contributed by atoms with Gasteiger partial charge >= 0.3 is 6.09 Å². The van der Waals surface area contributed by atoms with Crippen molar-refractivity contribution in [3.05, 3.63) is 90.5 Å². The molecule has 0 spiro atoms. The van der Waals surface area contributed by atoms with E-state index in [1.807, 2.05) is 24.3 Å². The first kappa shape index (κ1) is 79.1. The third-order valence-corrected chi connectivity index (χ3v) is 18.3. The van der Waals surface area contributed by atoms with Crippen molar-refractivity contribution in [1.82, 2.24) is 51.5 Å². The maximum Gasteiger partial charge on any atom is 0.410 e. The highest BCUT2D eigenvalue weighted by Gasteiger charge is 2.50. The fourth-order valence-electron chi connectivity index (χ4n) is 11.5. The summed E-state index contributed by atoms with van der Waals surface area (Å²) in [6.07, 6.45) is -9.58. The summed E-state index contributed by atoms with van der Waals surface area (Å²) in [5.41, 5.74) is 1.38. The lowest BCUT2D eigenvalue weighted by molar-refractivity contribution is -0.433. The fourth-order valence-corrected chi connectivity index (χ4v) is 12.6. The molecule has 3 aromatic carbocycles. The molecule has 100 heavy (non-hydrogen) atoms. The molecule has 3 fully saturated rings. The number of aromatic nitrogens is 2. The van der Waals surface area contributed by atoms with Crippen LogP contribution in [0.4, 0.5) is 4.79 Å². The number of aliphatic hydroxyl groups excluding tert-OH is 8. The number of carbonyl (C=O) groups excluding carboxylic acids is 8. The van der Waals surface area contributed by atoms with Crippen molar-refractivity contribution in [2.24, 2.45) is 5.92 Å². The molecule has 34 nitrogen and oxygen atoms in total. The molecule has 13 atom stereocenters. The standard InChI is InChI=1S/C64H86N10O24S2/c1-5-22-95-64(91)72(40(32-75)33-76)21-20-47(81)52-63(90)74-30-34(2)54(83)53(74)59(88)65-29-41(78)27-44(66-55(84)37-11-13-38(14-12-37)60-70-71-61(99-60)39-15-17-43(18-16-39)94-24-9-7-6-8-23-93-4)56(85)67-50(35(3)77)62(89)73-31-42(79)28-45(73)57(86)68-51(58(87)69-52)48(82)25-36-10-19-46(80)49(26-36)96-100-98-97-92/h5,10-19,26,34-35,40-42,44-45,47-48,50-54,75-83,92H,1,6-9,20-25,27-33H2,2-4H3,(H,65,88)(H,66,84)(H,67,85)(H,68,86)(H,69,87)/t34-,35+,41+,42+,44?,45-,47+,48+,50-,51-,52-,53-,54-/m0/s1. The number of unbranched alkanes of at least 4 members (excludes halogenated alkanes) is 3. The fraction of sp³-hybridized carbons (Fsp3) is 0.531. The van der Waals surface area contributed by atoms with E-state index in [2.05, 4.69) is 52.7 Å². The summed E-state index contributed by atoms with van der Waals surface area (Å²) in [6.45, 7) is 2.87. The van der Waals surface area contributed by atoms with Crippen LogP contribution in [0.15, 0.2) is 79.4 Å². The summed E-state index contributed by atoms with van der Waals surface area (Å²) >= 11 is 1.32. The molecular weight excluding hydrogens is 1360 g/mol. The van der Waals surface area contributed by atoms with Crippen LogP contribution < -0.4 is 35.5 Å². The highest BCUT2D eigenvalue weighted by molar-refractivity contribution is 7.90. The van der Waals surface area contributed by atoms with Gasteiger partial charge in [-0.3, -0.25) is 33.6 Å². The Labute approximate surface area is 582 Å². The molecule has 8 amide bonds. The summed E-state index contributed by atoms with van der Waals surface area (Å²) in [5, 5.41) is 135. The van der Waals surface area contributed by atoms with E-state index in [0.29, 0.717) is 27.9 Å². The molecule has 3 saturated heterocycles. The quantitative estimate of drug-likeness (QED) is 0.0100. The molecule has 548 valence electrons. The second-order valence-electron chi connectivity index (χ2n) is 24.2. The first-order valence-electron chi connectivity index (χ1n) is 32.2. The van der Waals surface area contributed by atoms with E-state index in [9.17, 15) is 74.7 Å². The van der Waals surface area contributed by atoms with Crippen molar-refractivity contribution >= 4 is 71.1 Å². The van der Waals surface area contributed by atoms with Crippen LogP contribution in [0.2, 0.25) is 0 Å². The second kappa shape index (κ2) is 38.6. The summed E-state index contributed by atoms with van der Waals surface area (Å²) in [4.78, 5) is 119. The maximum atomic E-state index is 15.2. The van der Waals surface area contributed by atoms with E-state index in [4.69, 9.17) is 23.7 Å². The van der Waals surface area contributed by atoms with Gasteiger partial charge in [-0.25, -0.2) is 10.1 Å². The topological polar surface area (TPSA) is 490 Å². The number of benzene rings is 3. The van der Waals surface area contributed by atoms with Crippen LogP contribution in [0.25, 0.3) is 21.1 Å². The molecule has 7 rings (SSSR count). The Morgan fingerprint density at radius 2 is 1.43 bits per heavy atom. The van der Waals surface area contributed by atoms with Crippen molar-refractivity contribution in [3.8, 4) is 38.4 Å². The molecule has 36 heteroatoms.